The zero-order chi connectivity index (χ0) is 13.8. The highest BCUT2D eigenvalue weighted by Gasteiger charge is 2.18. The first-order chi connectivity index (χ1) is 9.13. The third kappa shape index (κ3) is 3.12. The van der Waals surface area contributed by atoms with E-state index in [1.807, 2.05) is 25.1 Å². The normalized spacial score (nSPS) is 14.7. The molecule has 1 atom stereocenters. The molecule has 19 heavy (non-hydrogen) atoms. The van der Waals surface area contributed by atoms with Gasteiger partial charge in [-0.25, -0.2) is 0 Å². The van der Waals surface area contributed by atoms with Crippen molar-refractivity contribution >= 4 is 17.5 Å². The van der Waals surface area contributed by atoms with Crippen LogP contribution in [0.3, 0.4) is 0 Å². The standard InChI is InChI=1S/C14H18N2O3/c1-2-10(8-17)14(19)15-7-9-3-4-12-11(5-9)6-13(18)16-12/h3-5,10,17H,2,6-8H2,1H3,(H,15,19)(H,16,18). The first-order valence-corrected chi connectivity index (χ1v) is 6.44. The van der Waals surface area contributed by atoms with Crippen molar-refractivity contribution in [2.75, 3.05) is 11.9 Å². The molecular weight excluding hydrogens is 244 g/mol. The molecule has 0 bridgehead atoms. The van der Waals surface area contributed by atoms with Crippen LogP contribution in [0.1, 0.15) is 24.5 Å². The summed E-state index contributed by atoms with van der Waals surface area (Å²) in [7, 11) is 0. The van der Waals surface area contributed by atoms with Gasteiger partial charge in [0.2, 0.25) is 11.8 Å². The molecule has 0 saturated carbocycles. The molecule has 102 valence electrons. The lowest BCUT2D eigenvalue weighted by atomic mass is 10.1. The van der Waals surface area contributed by atoms with Crippen LogP contribution in [0.4, 0.5) is 5.69 Å². The van der Waals surface area contributed by atoms with Gasteiger partial charge in [-0.1, -0.05) is 19.1 Å². The molecule has 0 radical (unpaired) electrons. The van der Waals surface area contributed by atoms with Crippen molar-refractivity contribution in [2.24, 2.45) is 5.92 Å². The Morgan fingerprint density at radius 2 is 2.32 bits per heavy atom. The minimum Gasteiger partial charge on any atom is -0.396 e. The van der Waals surface area contributed by atoms with E-state index in [4.69, 9.17) is 5.11 Å². The van der Waals surface area contributed by atoms with E-state index >= 15 is 0 Å². The Kier molecular flexibility index (Phi) is 4.16. The third-order valence-electron chi connectivity index (χ3n) is 3.35. The molecule has 2 rings (SSSR count). The second-order valence-electron chi connectivity index (χ2n) is 4.72. The van der Waals surface area contributed by atoms with Gasteiger partial charge in [-0.2, -0.15) is 0 Å². The minimum atomic E-state index is -0.349. The summed E-state index contributed by atoms with van der Waals surface area (Å²) in [5, 5.41) is 14.6. The van der Waals surface area contributed by atoms with E-state index in [9.17, 15) is 9.59 Å². The van der Waals surface area contributed by atoms with Crippen molar-refractivity contribution in [3.05, 3.63) is 29.3 Å². The predicted octanol–water partition coefficient (Wildman–Crippen LogP) is 0.816. The van der Waals surface area contributed by atoms with Gasteiger partial charge in [0, 0.05) is 12.2 Å². The van der Waals surface area contributed by atoms with E-state index < -0.39 is 0 Å². The van der Waals surface area contributed by atoms with Gasteiger partial charge in [0.15, 0.2) is 0 Å². The van der Waals surface area contributed by atoms with Crippen LogP contribution >= 0.6 is 0 Å². The van der Waals surface area contributed by atoms with E-state index in [1.165, 1.54) is 0 Å². The lowest BCUT2D eigenvalue weighted by molar-refractivity contribution is -0.126. The number of aliphatic hydroxyl groups excluding tert-OH is 1. The Bertz CT molecular complexity index is 495. The molecule has 0 fully saturated rings. The van der Waals surface area contributed by atoms with Gasteiger partial charge in [-0.05, 0) is 23.6 Å². The Morgan fingerprint density at radius 3 is 3.00 bits per heavy atom. The Hall–Kier alpha value is -1.88. The second kappa shape index (κ2) is 5.84. The highest BCUT2D eigenvalue weighted by molar-refractivity contribution is 5.99. The molecule has 1 aliphatic rings. The molecule has 1 aromatic rings. The molecular formula is C14H18N2O3. The van der Waals surface area contributed by atoms with Gasteiger partial charge in [-0.15, -0.1) is 0 Å². The van der Waals surface area contributed by atoms with Crippen molar-refractivity contribution in [3.63, 3.8) is 0 Å². The van der Waals surface area contributed by atoms with Gasteiger partial charge >= 0.3 is 0 Å². The summed E-state index contributed by atoms with van der Waals surface area (Å²) in [6.45, 7) is 2.15. The molecule has 1 aliphatic heterocycles. The topological polar surface area (TPSA) is 78.4 Å². The molecule has 0 spiro atoms. The van der Waals surface area contributed by atoms with E-state index in [0.29, 0.717) is 19.4 Å². The summed E-state index contributed by atoms with van der Waals surface area (Å²) in [4.78, 5) is 23.0. The molecule has 0 saturated heterocycles. The number of carbonyl (C=O) groups excluding carboxylic acids is 2. The van der Waals surface area contributed by atoms with Gasteiger partial charge in [0.1, 0.15) is 0 Å². The fourth-order valence-electron chi connectivity index (χ4n) is 2.12. The Balaban J connectivity index is 1.96. The second-order valence-corrected chi connectivity index (χ2v) is 4.72. The number of rotatable bonds is 5. The summed E-state index contributed by atoms with van der Waals surface area (Å²) in [5.41, 5.74) is 2.77. The maximum Gasteiger partial charge on any atom is 0.228 e. The average Bonchev–Trinajstić information content (AvgIpc) is 2.77. The number of anilines is 1. The molecule has 5 nitrogen and oxygen atoms in total. The fraction of sp³-hybridized carbons (Fsp3) is 0.429. The number of benzene rings is 1. The fourth-order valence-corrected chi connectivity index (χ4v) is 2.12. The molecule has 1 aromatic carbocycles. The van der Waals surface area contributed by atoms with E-state index in [1.54, 1.807) is 0 Å². The monoisotopic (exact) mass is 262 g/mol. The molecule has 0 aliphatic carbocycles. The molecule has 3 N–H and O–H groups in total. The molecule has 1 heterocycles. The van der Waals surface area contributed by atoms with Crippen LogP contribution in [0.25, 0.3) is 0 Å². The maximum absolute atomic E-state index is 11.7. The van der Waals surface area contributed by atoms with Crippen LogP contribution in [0.15, 0.2) is 18.2 Å². The van der Waals surface area contributed by atoms with E-state index in [0.717, 1.165) is 16.8 Å². The van der Waals surface area contributed by atoms with Crippen LogP contribution in [0.2, 0.25) is 0 Å². The quantitative estimate of drug-likeness (QED) is 0.735. The minimum absolute atomic E-state index is 0.00233. The van der Waals surface area contributed by atoms with Gasteiger partial charge < -0.3 is 15.7 Å². The van der Waals surface area contributed by atoms with Gasteiger partial charge in [0.25, 0.3) is 0 Å². The number of nitrogens with one attached hydrogen (secondary N) is 2. The largest absolute Gasteiger partial charge is 0.396 e. The number of carbonyl (C=O) groups is 2. The lowest BCUT2D eigenvalue weighted by Gasteiger charge is -2.12. The molecule has 2 amide bonds. The highest BCUT2D eigenvalue weighted by atomic mass is 16.3. The SMILES string of the molecule is CCC(CO)C(=O)NCc1ccc2c(c1)CC(=O)N2. The average molecular weight is 262 g/mol. The van der Waals surface area contributed by atoms with Crippen LogP contribution in [0, 0.1) is 5.92 Å². The summed E-state index contributed by atoms with van der Waals surface area (Å²) in [6, 6.07) is 5.66. The summed E-state index contributed by atoms with van der Waals surface area (Å²) < 4.78 is 0. The Labute approximate surface area is 112 Å². The lowest BCUT2D eigenvalue weighted by Crippen LogP contribution is -2.31. The smallest absolute Gasteiger partial charge is 0.228 e. The summed E-state index contributed by atoms with van der Waals surface area (Å²) in [5.74, 6) is -0.486. The molecule has 0 aromatic heterocycles. The van der Waals surface area contributed by atoms with E-state index in [2.05, 4.69) is 10.6 Å². The number of fused-ring (bicyclic) bond motifs is 1. The van der Waals surface area contributed by atoms with Crippen LogP contribution < -0.4 is 10.6 Å². The summed E-state index contributed by atoms with van der Waals surface area (Å²) in [6.07, 6.45) is 1.01. The summed E-state index contributed by atoms with van der Waals surface area (Å²) >= 11 is 0. The van der Waals surface area contributed by atoms with Crippen molar-refractivity contribution in [2.45, 2.75) is 26.3 Å². The van der Waals surface area contributed by atoms with Crippen molar-refractivity contribution < 1.29 is 14.7 Å². The van der Waals surface area contributed by atoms with Crippen LogP contribution in [-0.2, 0) is 22.6 Å². The van der Waals surface area contributed by atoms with Crippen molar-refractivity contribution in [1.29, 1.82) is 0 Å². The number of amides is 2. The predicted molar refractivity (Wildman–Crippen MR) is 71.5 cm³/mol. The number of hydrogen-bond donors (Lipinski definition) is 3. The zero-order valence-electron chi connectivity index (χ0n) is 10.9. The van der Waals surface area contributed by atoms with Crippen molar-refractivity contribution in [1.82, 2.24) is 5.32 Å². The maximum atomic E-state index is 11.7. The zero-order valence-corrected chi connectivity index (χ0v) is 10.9. The highest BCUT2D eigenvalue weighted by Crippen LogP contribution is 2.23. The Morgan fingerprint density at radius 1 is 1.53 bits per heavy atom. The molecule has 5 heteroatoms. The first-order valence-electron chi connectivity index (χ1n) is 6.44. The molecule has 1 unspecified atom stereocenters. The van der Waals surface area contributed by atoms with Gasteiger partial charge in [-0.3, -0.25) is 9.59 Å². The first kappa shape index (κ1) is 13.5. The number of hydrogen-bond acceptors (Lipinski definition) is 3. The number of aliphatic hydroxyl groups is 1. The van der Waals surface area contributed by atoms with Crippen molar-refractivity contribution in [3.8, 4) is 0 Å². The van der Waals surface area contributed by atoms with E-state index in [-0.39, 0.29) is 24.3 Å². The third-order valence-corrected chi connectivity index (χ3v) is 3.35. The van der Waals surface area contributed by atoms with Gasteiger partial charge in [0.05, 0.1) is 18.9 Å². The van der Waals surface area contributed by atoms with Crippen LogP contribution in [-0.4, -0.2) is 23.5 Å². The van der Waals surface area contributed by atoms with Crippen LogP contribution in [0.5, 0.6) is 0 Å².